The molecule has 0 heterocycles. The Morgan fingerprint density at radius 2 is 0.862 bits per heavy atom. The third kappa shape index (κ3) is 5.67. The molecule has 0 saturated heterocycles. The zero-order valence-corrected chi connectivity index (χ0v) is 33.9. The summed E-state index contributed by atoms with van der Waals surface area (Å²) in [7, 11) is 0. The Kier molecular flexibility index (Phi) is 8.61. The summed E-state index contributed by atoms with van der Waals surface area (Å²) in [5.41, 5.74) is 18.7. The van der Waals surface area contributed by atoms with Gasteiger partial charge in [0.1, 0.15) is 0 Å². The highest BCUT2D eigenvalue weighted by Gasteiger charge is 2.47. The van der Waals surface area contributed by atoms with Gasteiger partial charge in [0.2, 0.25) is 0 Å². The van der Waals surface area contributed by atoms with Crippen molar-refractivity contribution < 1.29 is 0 Å². The fourth-order valence-corrected chi connectivity index (χ4v) is 10.3. The van der Waals surface area contributed by atoms with Crippen LogP contribution in [-0.2, 0) is 16.2 Å². The van der Waals surface area contributed by atoms with Crippen LogP contribution in [0.25, 0.3) is 33.4 Å². The average molecular weight is 748 g/mol. The molecule has 0 saturated carbocycles. The average Bonchev–Trinajstić information content (AvgIpc) is 3.56. The summed E-state index contributed by atoms with van der Waals surface area (Å²) in [6, 6.07) is 74.5. The van der Waals surface area contributed by atoms with Crippen molar-refractivity contribution in [2.75, 3.05) is 4.90 Å². The second-order valence-electron chi connectivity index (χ2n) is 17.5. The van der Waals surface area contributed by atoms with Crippen LogP contribution < -0.4 is 4.90 Å². The Labute approximate surface area is 344 Å². The van der Waals surface area contributed by atoms with E-state index in [-0.39, 0.29) is 10.8 Å². The molecule has 0 atom stereocenters. The van der Waals surface area contributed by atoms with E-state index in [2.05, 4.69) is 233 Å². The molecule has 0 spiro atoms. The molecule has 8 aromatic carbocycles. The Bertz CT molecular complexity index is 2710. The van der Waals surface area contributed by atoms with Crippen LogP contribution >= 0.6 is 0 Å². The van der Waals surface area contributed by atoms with E-state index in [1.807, 2.05) is 0 Å². The monoisotopic (exact) mass is 747 g/mol. The molecule has 2 aliphatic carbocycles. The summed E-state index contributed by atoms with van der Waals surface area (Å²) in [6.45, 7) is 9.78. The first-order valence-corrected chi connectivity index (χ1v) is 20.8. The molecule has 0 N–H and O–H groups in total. The molecule has 2 aliphatic rings. The predicted octanol–water partition coefficient (Wildman–Crippen LogP) is 15.2. The number of anilines is 3. The summed E-state index contributed by atoms with van der Waals surface area (Å²) in [5, 5.41) is 0. The van der Waals surface area contributed by atoms with E-state index in [0.29, 0.717) is 0 Å². The second-order valence-corrected chi connectivity index (χ2v) is 17.5. The van der Waals surface area contributed by atoms with Crippen LogP contribution in [0, 0.1) is 0 Å². The van der Waals surface area contributed by atoms with Gasteiger partial charge in [0.05, 0.1) is 11.1 Å². The van der Waals surface area contributed by atoms with Crippen LogP contribution in [0.4, 0.5) is 17.1 Å². The van der Waals surface area contributed by atoms with Crippen molar-refractivity contribution in [3.63, 3.8) is 0 Å². The number of para-hydroxylation sites is 1. The fraction of sp³-hybridized carbons (Fsp3) is 0.158. The Morgan fingerprint density at radius 1 is 0.362 bits per heavy atom. The quantitative estimate of drug-likeness (QED) is 0.157. The van der Waals surface area contributed by atoms with Crippen molar-refractivity contribution in [2.24, 2.45) is 0 Å². The normalized spacial score (nSPS) is 15.5. The van der Waals surface area contributed by atoms with Crippen molar-refractivity contribution in [3.8, 4) is 33.4 Å². The zero-order valence-electron chi connectivity index (χ0n) is 33.9. The van der Waals surface area contributed by atoms with Gasteiger partial charge in [-0.3, -0.25) is 0 Å². The molecular weight excluding hydrogens is 699 g/mol. The van der Waals surface area contributed by atoms with Crippen molar-refractivity contribution in [1.82, 2.24) is 0 Å². The zero-order chi connectivity index (χ0) is 39.5. The lowest BCUT2D eigenvalue weighted by molar-refractivity contribution is 0.333. The summed E-state index contributed by atoms with van der Waals surface area (Å²) in [5.74, 6) is 0. The Hall–Kier alpha value is -6.44. The minimum absolute atomic E-state index is 0.00236. The molecule has 1 nitrogen and oxygen atoms in total. The van der Waals surface area contributed by atoms with Gasteiger partial charge in [0.25, 0.3) is 0 Å². The summed E-state index contributed by atoms with van der Waals surface area (Å²) < 4.78 is 0. The van der Waals surface area contributed by atoms with Gasteiger partial charge in [0, 0.05) is 16.9 Å². The first kappa shape index (κ1) is 35.9. The third-order valence-electron chi connectivity index (χ3n) is 13.2. The Morgan fingerprint density at radius 3 is 1.52 bits per heavy atom. The molecule has 0 aliphatic heterocycles. The van der Waals surface area contributed by atoms with Gasteiger partial charge in [-0.25, -0.2) is 0 Å². The minimum Gasteiger partial charge on any atom is -0.310 e. The van der Waals surface area contributed by atoms with Crippen molar-refractivity contribution in [1.29, 1.82) is 0 Å². The van der Waals surface area contributed by atoms with E-state index in [1.165, 1.54) is 78.9 Å². The second kappa shape index (κ2) is 13.9. The van der Waals surface area contributed by atoms with Gasteiger partial charge in [0.15, 0.2) is 0 Å². The van der Waals surface area contributed by atoms with Crippen LogP contribution in [0.5, 0.6) is 0 Å². The van der Waals surface area contributed by atoms with Gasteiger partial charge < -0.3 is 4.90 Å². The fourth-order valence-electron chi connectivity index (χ4n) is 10.3. The Balaban J connectivity index is 1.34. The summed E-state index contributed by atoms with van der Waals surface area (Å²) >= 11 is 0. The molecule has 0 amide bonds. The SMILES string of the molecule is CC1(C)CCC(C)(C)c2c(-c3cc4c(cc3N(c3ccccc3)c3ccc(-c5ccccc5)cc3)C(c3ccccc3)(c3ccccc3)c3ccccc3-4)cccc21. The predicted molar refractivity (Wildman–Crippen MR) is 245 cm³/mol. The van der Waals surface area contributed by atoms with Crippen molar-refractivity contribution in [2.45, 2.75) is 56.8 Å². The van der Waals surface area contributed by atoms with Gasteiger partial charge in [-0.15, -0.1) is 0 Å². The smallest absolute Gasteiger partial charge is 0.0714 e. The molecule has 58 heavy (non-hydrogen) atoms. The molecule has 0 bridgehead atoms. The minimum atomic E-state index is -0.529. The van der Waals surface area contributed by atoms with Crippen molar-refractivity contribution in [3.05, 3.63) is 234 Å². The maximum absolute atomic E-state index is 2.56. The van der Waals surface area contributed by atoms with Crippen LogP contribution in [0.3, 0.4) is 0 Å². The molecule has 0 unspecified atom stereocenters. The lowest BCUT2D eigenvalue weighted by Crippen LogP contribution is -2.34. The third-order valence-corrected chi connectivity index (χ3v) is 13.2. The number of nitrogens with zero attached hydrogens (tertiary/aromatic N) is 1. The number of hydrogen-bond donors (Lipinski definition) is 0. The number of fused-ring (bicyclic) bond motifs is 4. The summed E-state index contributed by atoms with van der Waals surface area (Å²) in [4.78, 5) is 2.51. The van der Waals surface area contributed by atoms with E-state index < -0.39 is 5.41 Å². The van der Waals surface area contributed by atoms with Crippen LogP contribution in [-0.4, -0.2) is 0 Å². The van der Waals surface area contributed by atoms with E-state index in [9.17, 15) is 0 Å². The molecular formula is C57H49N. The highest BCUT2D eigenvalue weighted by Crippen LogP contribution is 2.60. The lowest BCUT2D eigenvalue weighted by Gasteiger charge is -2.43. The topological polar surface area (TPSA) is 3.24 Å². The maximum Gasteiger partial charge on any atom is 0.0714 e. The molecule has 1 heteroatoms. The molecule has 0 radical (unpaired) electrons. The molecule has 10 rings (SSSR count). The van der Waals surface area contributed by atoms with Gasteiger partial charge in [-0.05, 0) is 121 Å². The van der Waals surface area contributed by atoms with Gasteiger partial charge in [-0.1, -0.05) is 191 Å². The van der Waals surface area contributed by atoms with E-state index in [0.717, 1.165) is 17.8 Å². The highest BCUT2D eigenvalue weighted by molar-refractivity contribution is 5.97. The maximum atomic E-state index is 2.56. The van der Waals surface area contributed by atoms with Crippen LogP contribution in [0.15, 0.2) is 200 Å². The molecule has 8 aromatic rings. The first-order valence-electron chi connectivity index (χ1n) is 20.8. The van der Waals surface area contributed by atoms with Gasteiger partial charge >= 0.3 is 0 Å². The van der Waals surface area contributed by atoms with E-state index in [4.69, 9.17) is 0 Å². The molecule has 0 fully saturated rings. The number of benzene rings is 8. The largest absolute Gasteiger partial charge is 0.310 e. The van der Waals surface area contributed by atoms with Crippen LogP contribution in [0.2, 0.25) is 0 Å². The number of hydrogen-bond acceptors (Lipinski definition) is 1. The first-order chi connectivity index (χ1) is 28.3. The van der Waals surface area contributed by atoms with E-state index >= 15 is 0 Å². The van der Waals surface area contributed by atoms with E-state index in [1.54, 1.807) is 0 Å². The molecule has 0 aromatic heterocycles. The number of rotatable bonds is 7. The summed E-state index contributed by atoms with van der Waals surface area (Å²) in [6.07, 6.45) is 2.31. The van der Waals surface area contributed by atoms with Gasteiger partial charge in [-0.2, -0.15) is 0 Å². The molecule has 282 valence electrons. The van der Waals surface area contributed by atoms with Crippen LogP contribution in [0.1, 0.15) is 73.9 Å². The highest BCUT2D eigenvalue weighted by atomic mass is 15.1. The lowest BCUT2D eigenvalue weighted by atomic mass is 9.61. The standard InChI is InChI=1S/C57H49N/c1-55(2)36-37-56(3,4)54-47(29-19-31-51(54)55)49-38-48-46-28-17-18-30-50(46)57(42-22-11-6-12-23-42,43-24-13-7-14-25-43)52(48)39-53(49)58(44-26-15-8-16-27-44)45-34-32-41(33-35-45)40-20-9-5-10-21-40/h5-35,38-39H,36-37H2,1-4H3. The van der Waals surface area contributed by atoms with Crippen molar-refractivity contribution >= 4 is 17.1 Å².